The van der Waals surface area contributed by atoms with Crippen LogP contribution >= 0.6 is 0 Å². The van der Waals surface area contributed by atoms with Crippen LogP contribution in [0.5, 0.6) is 0 Å². The highest BCUT2D eigenvalue weighted by Crippen LogP contribution is 2.19. The molecule has 0 aliphatic heterocycles. The zero-order valence-corrected chi connectivity index (χ0v) is 13.0. The SMILES string of the molecule is CC(NC(=NCC(=O)N(C)C)NC1CC1)c1ccccc1. The van der Waals surface area contributed by atoms with Crippen LogP contribution in [0.3, 0.4) is 0 Å². The monoisotopic (exact) mass is 288 g/mol. The fraction of sp³-hybridized carbons (Fsp3) is 0.500. The van der Waals surface area contributed by atoms with Gasteiger partial charge in [-0.2, -0.15) is 0 Å². The van der Waals surface area contributed by atoms with E-state index < -0.39 is 0 Å². The first-order valence-electron chi connectivity index (χ1n) is 7.39. The first-order valence-corrected chi connectivity index (χ1v) is 7.39. The molecule has 0 radical (unpaired) electrons. The molecule has 21 heavy (non-hydrogen) atoms. The number of amides is 1. The molecule has 1 amide bonds. The summed E-state index contributed by atoms with van der Waals surface area (Å²) in [5.74, 6) is 0.711. The molecule has 1 aromatic carbocycles. The molecule has 1 aliphatic carbocycles. The van der Waals surface area contributed by atoms with Gasteiger partial charge in [-0.1, -0.05) is 30.3 Å². The lowest BCUT2D eigenvalue weighted by Crippen LogP contribution is -2.40. The van der Waals surface area contributed by atoms with E-state index in [1.165, 1.54) is 18.4 Å². The topological polar surface area (TPSA) is 56.7 Å². The minimum absolute atomic E-state index is 0.000684. The van der Waals surface area contributed by atoms with E-state index in [4.69, 9.17) is 0 Å². The number of carbonyl (C=O) groups excluding carboxylic acids is 1. The summed E-state index contributed by atoms with van der Waals surface area (Å²) in [5, 5.41) is 6.72. The third kappa shape index (κ3) is 5.10. The summed E-state index contributed by atoms with van der Waals surface area (Å²) >= 11 is 0. The fourth-order valence-electron chi connectivity index (χ4n) is 1.87. The Morgan fingerprint density at radius 1 is 1.33 bits per heavy atom. The standard InChI is InChI=1S/C16H24N4O/c1-12(13-7-5-4-6-8-13)18-16(19-14-9-10-14)17-11-15(21)20(2)3/h4-8,12,14H,9-11H2,1-3H3,(H2,17,18,19). The molecule has 5 nitrogen and oxygen atoms in total. The van der Waals surface area contributed by atoms with Crippen molar-refractivity contribution in [1.29, 1.82) is 0 Å². The largest absolute Gasteiger partial charge is 0.354 e. The molecule has 0 heterocycles. The molecule has 0 bridgehead atoms. The molecule has 0 saturated heterocycles. The van der Waals surface area contributed by atoms with Crippen molar-refractivity contribution in [3.05, 3.63) is 35.9 Å². The molecule has 1 saturated carbocycles. The Kier molecular flexibility index (Phi) is 5.20. The van der Waals surface area contributed by atoms with E-state index in [0.29, 0.717) is 12.0 Å². The Balaban J connectivity index is 1.98. The Labute approximate surface area is 126 Å². The summed E-state index contributed by atoms with van der Waals surface area (Å²) in [7, 11) is 3.48. The molecule has 1 aromatic rings. The molecule has 1 atom stereocenters. The highest BCUT2D eigenvalue weighted by Gasteiger charge is 2.23. The van der Waals surface area contributed by atoms with E-state index in [9.17, 15) is 4.79 Å². The van der Waals surface area contributed by atoms with Crippen LogP contribution in [0, 0.1) is 0 Å². The minimum atomic E-state index is -0.000684. The van der Waals surface area contributed by atoms with Gasteiger partial charge < -0.3 is 15.5 Å². The van der Waals surface area contributed by atoms with Gasteiger partial charge >= 0.3 is 0 Å². The maximum Gasteiger partial charge on any atom is 0.243 e. The number of benzene rings is 1. The highest BCUT2D eigenvalue weighted by molar-refractivity contribution is 5.85. The van der Waals surface area contributed by atoms with Gasteiger partial charge in [-0.25, -0.2) is 4.99 Å². The van der Waals surface area contributed by atoms with Crippen molar-refractivity contribution in [2.75, 3.05) is 20.6 Å². The number of hydrogen-bond donors (Lipinski definition) is 2. The molecular formula is C16H24N4O. The number of likely N-dealkylation sites (N-methyl/N-ethyl adjacent to an activating group) is 1. The summed E-state index contributed by atoms with van der Waals surface area (Å²) in [6, 6.07) is 10.8. The van der Waals surface area contributed by atoms with Crippen molar-refractivity contribution in [1.82, 2.24) is 15.5 Å². The highest BCUT2D eigenvalue weighted by atomic mass is 16.2. The second-order valence-corrected chi connectivity index (χ2v) is 5.65. The smallest absolute Gasteiger partial charge is 0.243 e. The molecule has 1 aliphatic rings. The lowest BCUT2D eigenvalue weighted by molar-refractivity contribution is -0.127. The van der Waals surface area contributed by atoms with Crippen molar-refractivity contribution in [3.63, 3.8) is 0 Å². The van der Waals surface area contributed by atoms with Gasteiger partial charge in [0.05, 0.1) is 6.04 Å². The summed E-state index contributed by atoms with van der Waals surface area (Å²) in [6.07, 6.45) is 2.34. The molecule has 2 rings (SSSR count). The van der Waals surface area contributed by atoms with Crippen molar-refractivity contribution in [3.8, 4) is 0 Å². The normalized spacial score (nSPS) is 16.2. The molecule has 1 unspecified atom stereocenters. The number of aliphatic imine (C=N–C) groups is 1. The second-order valence-electron chi connectivity index (χ2n) is 5.65. The van der Waals surface area contributed by atoms with E-state index in [1.54, 1.807) is 19.0 Å². The Morgan fingerprint density at radius 2 is 2.00 bits per heavy atom. The average Bonchev–Trinajstić information content (AvgIpc) is 3.29. The fourth-order valence-corrected chi connectivity index (χ4v) is 1.87. The molecule has 2 N–H and O–H groups in total. The summed E-state index contributed by atoms with van der Waals surface area (Å²) < 4.78 is 0. The van der Waals surface area contributed by atoms with Gasteiger partial charge in [-0.05, 0) is 25.3 Å². The quantitative estimate of drug-likeness (QED) is 0.638. The van der Waals surface area contributed by atoms with Crippen LogP contribution in [0.15, 0.2) is 35.3 Å². The maximum absolute atomic E-state index is 11.7. The summed E-state index contributed by atoms with van der Waals surface area (Å²) in [4.78, 5) is 17.6. The van der Waals surface area contributed by atoms with Crippen LogP contribution < -0.4 is 10.6 Å². The molecule has 114 valence electrons. The predicted molar refractivity (Wildman–Crippen MR) is 85.1 cm³/mol. The molecule has 1 fully saturated rings. The number of hydrogen-bond acceptors (Lipinski definition) is 2. The van der Waals surface area contributed by atoms with Crippen LogP contribution in [0.1, 0.15) is 31.4 Å². The lowest BCUT2D eigenvalue weighted by Gasteiger charge is -2.19. The zero-order valence-electron chi connectivity index (χ0n) is 13.0. The Bertz CT molecular complexity index is 494. The number of nitrogens with zero attached hydrogens (tertiary/aromatic N) is 2. The number of guanidine groups is 1. The van der Waals surface area contributed by atoms with Gasteiger partial charge in [0.25, 0.3) is 0 Å². The van der Waals surface area contributed by atoms with Gasteiger partial charge in [-0.3, -0.25) is 4.79 Å². The van der Waals surface area contributed by atoms with Crippen LogP contribution in [-0.2, 0) is 4.79 Å². The van der Waals surface area contributed by atoms with Crippen molar-refractivity contribution in [2.24, 2.45) is 4.99 Å². The van der Waals surface area contributed by atoms with Gasteiger partial charge in [0.15, 0.2) is 5.96 Å². The summed E-state index contributed by atoms with van der Waals surface area (Å²) in [6.45, 7) is 2.25. The van der Waals surface area contributed by atoms with Gasteiger partial charge in [-0.15, -0.1) is 0 Å². The Hall–Kier alpha value is -2.04. The average molecular weight is 288 g/mol. The van der Waals surface area contributed by atoms with Crippen molar-refractivity contribution < 1.29 is 4.79 Å². The van der Waals surface area contributed by atoms with E-state index in [-0.39, 0.29) is 18.5 Å². The maximum atomic E-state index is 11.7. The van der Waals surface area contributed by atoms with Crippen molar-refractivity contribution in [2.45, 2.75) is 31.8 Å². The first kappa shape index (κ1) is 15.4. The van der Waals surface area contributed by atoms with Gasteiger partial charge in [0, 0.05) is 20.1 Å². The van der Waals surface area contributed by atoms with Gasteiger partial charge in [0.2, 0.25) is 5.91 Å². The van der Waals surface area contributed by atoms with Crippen LogP contribution in [0.2, 0.25) is 0 Å². The molecular weight excluding hydrogens is 264 g/mol. The number of rotatable bonds is 5. The molecule has 0 spiro atoms. The van der Waals surface area contributed by atoms with Crippen LogP contribution in [-0.4, -0.2) is 43.4 Å². The molecule has 0 aromatic heterocycles. The Morgan fingerprint density at radius 3 is 2.57 bits per heavy atom. The van der Waals surface area contributed by atoms with E-state index in [2.05, 4.69) is 34.7 Å². The van der Waals surface area contributed by atoms with Gasteiger partial charge in [0.1, 0.15) is 6.54 Å². The van der Waals surface area contributed by atoms with Crippen LogP contribution in [0.4, 0.5) is 0 Å². The number of carbonyl (C=O) groups is 1. The first-order chi connectivity index (χ1) is 10.1. The third-order valence-electron chi connectivity index (χ3n) is 3.44. The number of nitrogens with one attached hydrogen (secondary N) is 2. The third-order valence-corrected chi connectivity index (χ3v) is 3.44. The zero-order chi connectivity index (χ0) is 15.2. The second kappa shape index (κ2) is 7.11. The predicted octanol–water partition coefficient (Wildman–Crippen LogP) is 1.53. The lowest BCUT2D eigenvalue weighted by atomic mass is 10.1. The summed E-state index contributed by atoms with van der Waals surface area (Å²) in [5.41, 5.74) is 1.20. The van der Waals surface area contributed by atoms with Crippen LogP contribution in [0.25, 0.3) is 0 Å². The van der Waals surface area contributed by atoms with Crippen molar-refractivity contribution >= 4 is 11.9 Å². The van der Waals surface area contributed by atoms with E-state index >= 15 is 0 Å². The minimum Gasteiger partial charge on any atom is -0.354 e. The van der Waals surface area contributed by atoms with E-state index in [0.717, 1.165) is 0 Å². The van der Waals surface area contributed by atoms with E-state index in [1.807, 2.05) is 18.2 Å². The molecule has 5 heteroatoms.